The maximum absolute atomic E-state index is 11.1. The summed E-state index contributed by atoms with van der Waals surface area (Å²) in [4.78, 5) is 11.1. The fourth-order valence-electron chi connectivity index (χ4n) is 1.39. The Hall–Kier alpha value is -0.910. The van der Waals surface area contributed by atoms with Crippen LogP contribution in [0.2, 0.25) is 0 Å². The minimum absolute atomic E-state index is 0.410. The third-order valence-electron chi connectivity index (χ3n) is 2.01. The van der Waals surface area contributed by atoms with Gasteiger partial charge in [0.05, 0.1) is 0 Å². The van der Waals surface area contributed by atoms with Gasteiger partial charge in [-0.25, -0.2) is 0 Å². The van der Waals surface area contributed by atoms with Crippen LogP contribution in [0.1, 0.15) is 19.3 Å². The van der Waals surface area contributed by atoms with Crippen molar-refractivity contribution in [3.8, 4) is 0 Å². The molecule has 0 aliphatic rings. The molecule has 0 saturated carbocycles. The van der Waals surface area contributed by atoms with Gasteiger partial charge in [-0.1, -0.05) is 5.57 Å². The summed E-state index contributed by atoms with van der Waals surface area (Å²) in [7, 11) is 0. The van der Waals surface area contributed by atoms with Crippen molar-refractivity contribution in [2.45, 2.75) is 19.3 Å². The van der Waals surface area contributed by atoms with Crippen LogP contribution in [-0.2, 0) is 4.79 Å². The highest BCUT2D eigenvalue weighted by molar-refractivity contribution is 5.92. The van der Waals surface area contributed by atoms with Gasteiger partial charge in [0.2, 0.25) is 5.91 Å². The van der Waals surface area contributed by atoms with Crippen LogP contribution in [0.4, 0.5) is 0 Å². The van der Waals surface area contributed by atoms with Crippen molar-refractivity contribution in [1.82, 2.24) is 0 Å². The van der Waals surface area contributed by atoms with Gasteiger partial charge in [-0.2, -0.15) is 0 Å². The van der Waals surface area contributed by atoms with E-state index in [0.29, 0.717) is 44.5 Å². The van der Waals surface area contributed by atoms with Gasteiger partial charge in [0.25, 0.3) is 0 Å². The van der Waals surface area contributed by atoms with E-state index < -0.39 is 5.91 Å². The number of hydrogen-bond acceptors (Lipinski definition) is 4. The summed E-state index contributed by atoms with van der Waals surface area (Å²) in [6.45, 7) is 1.41. The maximum atomic E-state index is 11.1. The van der Waals surface area contributed by atoms with Gasteiger partial charge in [0, 0.05) is 5.57 Å². The molecular weight excluding hydrogens is 180 g/mol. The average molecular weight is 200 g/mol. The predicted octanol–water partition coefficient (Wildman–Crippen LogP) is -1.19. The number of carbonyl (C=O) groups excluding carboxylic acids is 1. The van der Waals surface area contributed by atoms with Gasteiger partial charge in [0.1, 0.15) is 0 Å². The average Bonchev–Trinajstić information content (AvgIpc) is 2.13. The number of amides is 1. The molecule has 0 bridgehead atoms. The van der Waals surface area contributed by atoms with Crippen LogP contribution in [0.15, 0.2) is 11.1 Å². The summed E-state index contributed by atoms with van der Waals surface area (Å²) in [6, 6.07) is 0. The monoisotopic (exact) mass is 200 g/mol. The lowest BCUT2D eigenvalue weighted by Gasteiger charge is -2.10. The van der Waals surface area contributed by atoms with Crippen molar-refractivity contribution in [1.29, 1.82) is 0 Å². The van der Waals surface area contributed by atoms with Crippen LogP contribution in [-0.4, -0.2) is 25.5 Å². The van der Waals surface area contributed by atoms with E-state index in [0.717, 1.165) is 5.57 Å². The number of carbonyl (C=O) groups is 1. The van der Waals surface area contributed by atoms with Crippen molar-refractivity contribution >= 4 is 5.91 Å². The Balaban J connectivity index is 4.72. The summed E-state index contributed by atoms with van der Waals surface area (Å²) >= 11 is 0. The molecule has 0 aliphatic heterocycles. The Labute approximate surface area is 84.5 Å². The van der Waals surface area contributed by atoms with E-state index in [4.69, 9.17) is 22.9 Å². The zero-order valence-corrected chi connectivity index (χ0v) is 8.46. The van der Waals surface area contributed by atoms with Crippen LogP contribution < -0.4 is 22.9 Å². The predicted molar refractivity (Wildman–Crippen MR) is 57.2 cm³/mol. The molecule has 0 aliphatic carbocycles. The molecule has 14 heavy (non-hydrogen) atoms. The van der Waals surface area contributed by atoms with Gasteiger partial charge in [-0.15, -0.1) is 0 Å². The highest BCUT2D eigenvalue weighted by Gasteiger charge is 2.10. The molecule has 0 aromatic carbocycles. The van der Waals surface area contributed by atoms with Gasteiger partial charge in [0.15, 0.2) is 0 Å². The number of hydrogen-bond donors (Lipinski definition) is 4. The molecule has 0 fully saturated rings. The zero-order chi connectivity index (χ0) is 11.0. The molecule has 0 radical (unpaired) electrons. The second-order valence-corrected chi connectivity index (χ2v) is 3.06. The molecule has 1 amide bonds. The first kappa shape index (κ1) is 13.1. The van der Waals surface area contributed by atoms with Gasteiger partial charge in [-0.3, -0.25) is 4.79 Å². The van der Waals surface area contributed by atoms with Crippen molar-refractivity contribution < 1.29 is 4.79 Å². The van der Waals surface area contributed by atoms with Gasteiger partial charge < -0.3 is 22.9 Å². The quantitative estimate of drug-likeness (QED) is 0.386. The second-order valence-electron chi connectivity index (χ2n) is 3.06. The first-order valence-electron chi connectivity index (χ1n) is 4.78. The Morgan fingerprint density at radius 3 is 1.57 bits per heavy atom. The van der Waals surface area contributed by atoms with Crippen LogP contribution in [0.5, 0.6) is 0 Å². The Morgan fingerprint density at radius 2 is 1.29 bits per heavy atom. The molecule has 82 valence electrons. The molecular formula is C9H20N4O. The minimum atomic E-state index is -0.410. The SMILES string of the molecule is NCCC(CCN)=C(CCN)C(N)=O. The molecule has 0 heterocycles. The van der Waals surface area contributed by atoms with Gasteiger partial charge in [-0.05, 0) is 38.9 Å². The summed E-state index contributed by atoms with van der Waals surface area (Å²) in [5.74, 6) is -0.410. The van der Waals surface area contributed by atoms with E-state index in [1.807, 2.05) is 0 Å². The number of rotatable bonds is 7. The Kier molecular flexibility index (Phi) is 7.00. The van der Waals surface area contributed by atoms with Crippen molar-refractivity contribution in [3.05, 3.63) is 11.1 Å². The lowest BCUT2D eigenvalue weighted by Crippen LogP contribution is -2.20. The molecule has 0 unspecified atom stereocenters. The van der Waals surface area contributed by atoms with Crippen LogP contribution in [0, 0.1) is 0 Å². The first-order valence-corrected chi connectivity index (χ1v) is 4.78. The van der Waals surface area contributed by atoms with E-state index in [-0.39, 0.29) is 0 Å². The topological polar surface area (TPSA) is 121 Å². The molecule has 5 heteroatoms. The maximum Gasteiger partial charge on any atom is 0.244 e. The van der Waals surface area contributed by atoms with Crippen LogP contribution >= 0.6 is 0 Å². The van der Waals surface area contributed by atoms with Crippen molar-refractivity contribution in [2.24, 2.45) is 22.9 Å². The normalized spacial score (nSPS) is 9.93. The summed E-state index contributed by atoms with van der Waals surface area (Å²) in [5, 5.41) is 0. The van der Waals surface area contributed by atoms with Crippen LogP contribution in [0.25, 0.3) is 0 Å². The van der Waals surface area contributed by atoms with E-state index in [9.17, 15) is 4.79 Å². The lowest BCUT2D eigenvalue weighted by atomic mass is 9.98. The zero-order valence-electron chi connectivity index (χ0n) is 8.46. The number of primary amides is 1. The standard InChI is InChI=1S/C9H20N4O/c10-4-1-7(2-5-11)8(3-6-12)9(13)14/h1-6,10-12H2,(H2,13,14). The fraction of sp³-hybridized carbons (Fsp3) is 0.667. The molecule has 0 aromatic heterocycles. The fourth-order valence-corrected chi connectivity index (χ4v) is 1.39. The van der Waals surface area contributed by atoms with E-state index >= 15 is 0 Å². The first-order chi connectivity index (χ1) is 6.67. The smallest absolute Gasteiger partial charge is 0.244 e. The van der Waals surface area contributed by atoms with Crippen LogP contribution in [0.3, 0.4) is 0 Å². The highest BCUT2D eigenvalue weighted by Crippen LogP contribution is 2.14. The molecule has 0 aromatic rings. The highest BCUT2D eigenvalue weighted by atomic mass is 16.1. The van der Waals surface area contributed by atoms with Crippen molar-refractivity contribution in [2.75, 3.05) is 19.6 Å². The third kappa shape index (κ3) is 4.36. The van der Waals surface area contributed by atoms with Crippen molar-refractivity contribution in [3.63, 3.8) is 0 Å². The third-order valence-corrected chi connectivity index (χ3v) is 2.01. The lowest BCUT2D eigenvalue weighted by molar-refractivity contribution is -0.114. The van der Waals surface area contributed by atoms with Gasteiger partial charge >= 0.3 is 0 Å². The summed E-state index contributed by atoms with van der Waals surface area (Å²) < 4.78 is 0. The molecule has 0 rings (SSSR count). The number of nitrogens with two attached hydrogens (primary N) is 4. The molecule has 8 N–H and O–H groups in total. The summed E-state index contributed by atoms with van der Waals surface area (Å²) in [6.07, 6.45) is 1.83. The Bertz CT molecular complexity index is 205. The molecule has 0 saturated heterocycles. The largest absolute Gasteiger partial charge is 0.366 e. The van der Waals surface area contributed by atoms with E-state index in [2.05, 4.69) is 0 Å². The molecule has 0 spiro atoms. The Morgan fingerprint density at radius 1 is 0.857 bits per heavy atom. The summed E-state index contributed by atoms with van der Waals surface area (Å²) in [5.41, 5.74) is 23.1. The second kappa shape index (κ2) is 7.49. The van der Waals surface area contributed by atoms with E-state index in [1.165, 1.54) is 0 Å². The minimum Gasteiger partial charge on any atom is -0.366 e. The molecule has 0 atom stereocenters. The molecule has 5 nitrogen and oxygen atoms in total. The van der Waals surface area contributed by atoms with E-state index in [1.54, 1.807) is 0 Å².